The number of hydrogen-bond acceptors (Lipinski definition) is 3. The minimum absolute atomic E-state index is 0.298. The van der Waals surface area contributed by atoms with Gasteiger partial charge < -0.3 is 9.15 Å². The van der Waals surface area contributed by atoms with E-state index in [0.717, 1.165) is 22.3 Å². The zero-order valence-electron chi connectivity index (χ0n) is 11.4. The highest BCUT2D eigenvalue weighted by Gasteiger charge is 2.21. The van der Waals surface area contributed by atoms with Crippen molar-refractivity contribution in [3.05, 3.63) is 35.1 Å². The molecule has 0 atom stereocenters. The Labute approximate surface area is 112 Å². The number of carbonyl (C=O) groups excluding carboxylic acids is 1. The first-order chi connectivity index (χ1) is 9.19. The van der Waals surface area contributed by atoms with Crippen molar-refractivity contribution < 1.29 is 13.9 Å². The average molecular weight is 258 g/mol. The molecule has 19 heavy (non-hydrogen) atoms. The van der Waals surface area contributed by atoms with E-state index in [0.29, 0.717) is 11.5 Å². The fraction of sp³-hybridized carbons (Fsp3) is 0.438. The van der Waals surface area contributed by atoms with Gasteiger partial charge in [0.05, 0.1) is 12.7 Å². The van der Waals surface area contributed by atoms with Gasteiger partial charge in [-0.25, -0.2) is 4.79 Å². The van der Waals surface area contributed by atoms with Crippen LogP contribution in [0.15, 0.2) is 22.6 Å². The maximum Gasteiger partial charge on any atom is 0.337 e. The third kappa shape index (κ3) is 2.14. The van der Waals surface area contributed by atoms with E-state index in [2.05, 4.69) is 6.07 Å². The van der Waals surface area contributed by atoms with E-state index in [1.54, 1.807) is 0 Å². The molecule has 0 N–H and O–H groups in total. The van der Waals surface area contributed by atoms with E-state index in [9.17, 15) is 4.79 Å². The van der Waals surface area contributed by atoms with E-state index in [1.807, 2.05) is 19.1 Å². The van der Waals surface area contributed by atoms with Crippen LogP contribution in [0.25, 0.3) is 11.0 Å². The first-order valence-corrected chi connectivity index (χ1v) is 6.81. The molecular weight excluding hydrogens is 240 g/mol. The zero-order chi connectivity index (χ0) is 13.4. The zero-order valence-corrected chi connectivity index (χ0v) is 11.4. The van der Waals surface area contributed by atoms with E-state index >= 15 is 0 Å². The van der Waals surface area contributed by atoms with Gasteiger partial charge in [-0.05, 0) is 43.5 Å². The summed E-state index contributed by atoms with van der Waals surface area (Å²) in [6.07, 6.45) is 4.99. The predicted octanol–water partition coefficient (Wildman–Crippen LogP) is 4.19. The normalized spacial score (nSPS) is 16.1. The molecular formula is C16H18O3. The number of ether oxygens (including phenoxy) is 1. The molecule has 0 unspecified atom stereocenters. The molecule has 0 radical (unpaired) electrons. The number of carbonyl (C=O) groups is 1. The third-order valence-electron chi connectivity index (χ3n) is 4.00. The first kappa shape index (κ1) is 12.3. The predicted molar refractivity (Wildman–Crippen MR) is 73.5 cm³/mol. The lowest BCUT2D eigenvalue weighted by atomic mass is 10.0. The number of methoxy groups -OCH3 is 1. The summed E-state index contributed by atoms with van der Waals surface area (Å²) in [5.41, 5.74) is 2.47. The van der Waals surface area contributed by atoms with Crippen molar-refractivity contribution in [2.75, 3.05) is 7.11 Å². The SMILES string of the molecule is COC(=O)c1cc(C)c2oc(C3CCCC3)cc2c1. The quantitative estimate of drug-likeness (QED) is 0.758. The van der Waals surface area contributed by atoms with Crippen molar-refractivity contribution in [1.29, 1.82) is 0 Å². The van der Waals surface area contributed by atoms with Gasteiger partial charge in [0.2, 0.25) is 0 Å². The van der Waals surface area contributed by atoms with Gasteiger partial charge in [-0.1, -0.05) is 12.8 Å². The van der Waals surface area contributed by atoms with Crippen LogP contribution in [-0.2, 0) is 4.74 Å². The summed E-state index contributed by atoms with van der Waals surface area (Å²) in [5.74, 6) is 1.32. The number of hydrogen-bond donors (Lipinski definition) is 0. The van der Waals surface area contributed by atoms with Crippen LogP contribution in [0.4, 0.5) is 0 Å². The average Bonchev–Trinajstić information content (AvgIpc) is 3.05. The highest BCUT2D eigenvalue weighted by molar-refractivity contribution is 5.95. The Kier molecular flexibility index (Phi) is 3.05. The molecule has 1 heterocycles. The molecule has 3 heteroatoms. The van der Waals surface area contributed by atoms with Crippen LogP contribution in [-0.4, -0.2) is 13.1 Å². The molecule has 3 rings (SSSR count). The second kappa shape index (κ2) is 4.72. The van der Waals surface area contributed by atoms with Crippen molar-refractivity contribution in [1.82, 2.24) is 0 Å². The topological polar surface area (TPSA) is 39.4 Å². The standard InChI is InChI=1S/C16H18O3/c1-10-7-13(16(17)18-2)8-12-9-14(19-15(10)12)11-5-3-4-6-11/h7-9,11H,3-6H2,1-2H3. The molecule has 0 amide bonds. The third-order valence-corrected chi connectivity index (χ3v) is 4.00. The van der Waals surface area contributed by atoms with Crippen molar-refractivity contribution in [2.24, 2.45) is 0 Å². The van der Waals surface area contributed by atoms with Crippen LogP contribution >= 0.6 is 0 Å². The van der Waals surface area contributed by atoms with Crippen LogP contribution in [0.1, 0.15) is 53.3 Å². The second-order valence-corrected chi connectivity index (χ2v) is 5.33. The molecule has 1 aliphatic carbocycles. The minimum Gasteiger partial charge on any atom is -0.465 e. The molecule has 1 aromatic heterocycles. The molecule has 0 spiro atoms. The molecule has 100 valence electrons. The Morgan fingerprint density at radius 1 is 1.26 bits per heavy atom. The minimum atomic E-state index is -0.298. The van der Waals surface area contributed by atoms with Crippen LogP contribution in [0.5, 0.6) is 0 Å². The molecule has 1 aliphatic rings. The monoisotopic (exact) mass is 258 g/mol. The van der Waals surface area contributed by atoms with Crippen LogP contribution in [0.2, 0.25) is 0 Å². The summed E-state index contributed by atoms with van der Waals surface area (Å²) >= 11 is 0. The summed E-state index contributed by atoms with van der Waals surface area (Å²) < 4.78 is 10.8. The largest absolute Gasteiger partial charge is 0.465 e. The van der Waals surface area contributed by atoms with Crippen LogP contribution in [0.3, 0.4) is 0 Å². The van der Waals surface area contributed by atoms with E-state index < -0.39 is 0 Å². The molecule has 1 fully saturated rings. The highest BCUT2D eigenvalue weighted by Crippen LogP contribution is 2.37. The summed E-state index contributed by atoms with van der Waals surface area (Å²) in [7, 11) is 1.40. The van der Waals surface area contributed by atoms with Gasteiger partial charge in [-0.15, -0.1) is 0 Å². The molecule has 3 nitrogen and oxygen atoms in total. The Morgan fingerprint density at radius 2 is 2.00 bits per heavy atom. The number of aryl methyl sites for hydroxylation is 1. The van der Waals surface area contributed by atoms with Gasteiger partial charge in [0.1, 0.15) is 11.3 Å². The summed E-state index contributed by atoms with van der Waals surface area (Å²) in [5, 5.41) is 1.00. The Morgan fingerprint density at radius 3 is 2.68 bits per heavy atom. The highest BCUT2D eigenvalue weighted by atomic mass is 16.5. The van der Waals surface area contributed by atoms with Gasteiger partial charge in [0.15, 0.2) is 0 Å². The lowest BCUT2D eigenvalue weighted by molar-refractivity contribution is 0.0601. The molecule has 0 saturated heterocycles. The summed E-state index contributed by atoms with van der Waals surface area (Å²) in [4.78, 5) is 11.6. The molecule has 2 aromatic rings. The maximum absolute atomic E-state index is 11.6. The summed E-state index contributed by atoms with van der Waals surface area (Å²) in [6.45, 7) is 1.97. The van der Waals surface area contributed by atoms with Crippen molar-refractivity contribution in [3.63, 3.8) is 0 Å². The Bertz CT molecular complexity index is 618. The number of rotatable bonds is 2. The van der Waals surface area contributed by atoms with Gasteiger partial charge >= 0.3 is 5.97 Å². The molecule has 1 saturated carbocycles. The Balaban J connectivity index is 2.06. The second-order valence-electron chi connectivity index (χ2n) is 5.33. The van der Waals surface area contributed by atoms with Gasteiger partial charge in [-0.2, -0.15) is 0 Å². The van der Waals surface area contributed by atoms with Crippen molar-refractivity contribution in [2.45, 2.75) is 38.5 Å². The van der Waals surface area contributed by atoms with Gasteiger partial charge in [-0.3, -0.25) is 0 Å². The van der Waals surface area contributed by atoms with Crippen molar-refractivity contribution >= 4 is 16.9 Å². The number of esters is 1. The van der Waals surface area contributed by atoms with Crippen LogP contribution in [0, 0.1) is 6.92 Å². The fourth-order valence-corrected chi connectivity index (χ4v) is 3.00. The lowest BCUT2D eigenvalue weighted by Gasteiger charge is -2.03. The van der Waals surface area contributed by atoms with Gasteiger partial charge in [0, 0.05) is 11.3 Å². The lowest BCUT2D eigenvalue weighted by Crippen LogP contribution is -2.01. The molecule has 1 aromatic carbocycles. The van der Waals surface area contributed by atoms with Crippen molar-refractivity contribution in [3.8, 4) is 0 Å². The molecule has 0 aliphatic heterocycles. The first-order valence-electron chi connectivity index (χ1n) is 6.81. The van der Waals surface area contributed by atoms with E-state index in [-0.39, 0.29) is 5.97 Å². The fourth-order valence-electron chi connectivity index (χ4n) is 3.00. The van der Waals surface area contributed by atoms with E-state index in [4.69, 9.17) is 9.15 Å². The number of benzene rings is 1. The number of furan rings is 1. The van der Waals surface area contributed by atoms with Gasteiger partial charge in [0.25, 0.3) is 0 Å². The number of fused-ring (bicyclic) bond motifs is 1. The Hall–Kier alpha value is -1.77. The molecule has 0 bridgehead atoms. The van der Waals surface area contributed by atoms with Crippen LogP contribution < -0.4 is 0 Å². The van der Waals surface area contributed by atoms with E-state index in [1.165, 1.54) is 32.8 Å². The smallest absolute Gasteiger partial charge is 0.337 e. The maximum atomic E-state index is 11.6. The summed E-state index contributed by atoms with van der Waals surface area (Å²) in [6, 6.07) is 5.77.